The second kappa shape index (κ2) is 15.5. The van der Waals surface area contributed by atoms with Gasteiger partial charge in [-0.05, 0) is 142 Å². The molecule has 0 bridgehead atoms. The van der Waals surface area contributed by atoms with Crippen molar-refractivity contribution in [1.82, 2.24) is 14.5 Å². The largest absolute Gasteiger partial charge is 0.507 e. The molecule has 8 aromatic rings. The molecule has 8 rings (SSSR count). The molecule has 1 N–H and O–H groups in total. The molecule has 0 unspecified atom stereocenters. The number of nitrogens with zero attached hydrogens (tertiary/aromatic N) is 3. The Balaban J connectivity index is 1.32. The average molecular weight is 779 g/mol. The Labute approximate surface area is 357 Å². The molecular formula is C55H55N3O. The van der Waals surface area contributed by atoms with E-state index < -0.39 is 18.6 Å². The normalized spacial score (nSPS) is 13.7. The van der Waals surface area contributed by atoms with E-state index >= 15 is 0 Å². The summed E-state index contributed by atoms with van der Waals surface area (Å²) in [5.74, 6) is -1.01. The highest BCUT2D eigenvalue weighted by Gasteiger charge is 2.24. The Kier molecular flexibility index (Phi) is 8.84. The molecule has 0 amide bonds. The second-order valence-electron chi connectivity index (χ2n) is 17.3. The lowest BCUT2D eigenvalue weighted by molar-refractivity contribution is 0.472. The highest BCUT2D eigenvalue weighted by Crippen LogP contribution is 2.42. The standard InChI is InChI=1S/C55H55N3O/c1-33(2)45-13-11-14-46(34(3)4)51(45)39-21-23-44(24-22-39)58-50-16-12-15-47(52(50)57-54(58)48-28-36(6)27-37(7)53(48)59)41-29-42(31-43(30-41)55(8,9)10)49-32-40(25-26-56-49)38-19-17-35(5)18-20-38/h11-34,59H,1-10H3/i5D3,33D,34D. The first-order valence-corrected chi connectivity index (χ1v) is 20.3. The van der Waals surface area contributed by atoms with Crippen molar-refractivity contribution in [2.24, 2.45) is 0 Å². The molecule has 0 aliphatic rings. The van der Waals surface area contributed by atoms with Crippen LogP contribution in [0.1, 0.15) is 100 Å². The molecule has 0 spiro atoms. The molecule has 6 aromatic carbocycles. The number of aromatic hydroxyl groups is 1. The lowest BCUT2D eigenvalue weighted by atomic mass is 9.83. The first-order valence-electron chi connectivity index (χ1n) is 22.8. The highest BCUT2D eigenvalue weighted by atomic mass is 16.3. The molecule has 0 saturated carbocycles. The minimum Gasteiger partial charge on any atom is -0.507 e. The number of aryl methyl sites for hydroxylation is 3. The summed E-state index contributed by atoms with van der Waals surface area (Å²) in [6.07, 6.45) is 1.79. The van der Waals surface area contributed by atoms with E-state index in [9.17, 15) is 5.11 Å². The number of rotatable bonds is 8. The van der Waals surface area contributed by atoms with E-state index in [1.54, 1.807) is 18.3 Å². The number of benzene rings is 6. The molecule has 0 saturated heterocycles. The van der Waals surface area contributed by atoms with Crippen LogP contribution >= 0.6 is 0 Å². The van der Waals surface area contributed by atoms with Gasteiger partial charge in [0.1, 0.15) is 11.6 Å². The molecule has 0 aliphatic heterocycles. The third-order valence-electron chi connectivity index (χ3n) is 11.3. The highest BCUT2D eigenvalue weighted by molar-refractivity contribution is 5.97. The van der Waals surface area contributed by atoms with Crippen LogP contribution in [0.3, 0.4) is 0 Å². The number of fused-ring (bicyclic) bond motifs is 1. The summed E-state index contributed by atoms with van der Waals surface area (Å²) in [5.41, 5.74) is 15.1. The van der Waals surface area contributed by atoms with Crippen LogP contribution in [0.2, 0.25) is 0 Å². The average Bonchev–Trinajstić information content (AvgIpc) is 3.63. The minimum absolute atomic E-state index is 0.172. The number of para-hydroxylation sites is 1. The summed E-state index contributed by atoms with van der Waals surface area (Å²) in [7, 11) is 0. The van der Waals surface area contributed by atoms with Crippen molar-refractivity contribution in [3.8, 4) is 67.5 Å². The maximum absolute atomic E-state index is 11.7. The summed E-state index contributed by atoms with van der Waals surface area (Å²) >= 11 is 0. The maximum Gasteiger partial charge on any atom is 0.149 e. The number of imidazole rings is 1. The van der Waals surface area contributed by atoms with E-state index in [2.05, 4.69) is 86.0 Å². The number of hydrogen-bond donors (Lipinski definition) is 1. The van der Waals surface area contributed by atoms with Crippen molar-refractivity contribution in [3.05, 3.63) is 167 Å². The molecular weight excluding hydrogens is 719 g/mol. The molecule has 0 fully saturated rings. The monoisotopic (exact) mass is 778 g/mol. The van der Waals surface area contributed by atoms with Gasteiger partial charge in [-0.1, -0.05) is 133 Å². The first-order chi connectivity index (χ1) is 30.0. The number of phenols is 1. The Morgan fingerprint density at radius 3 is 1.97 bits per heavy atom. The second-order valence-corrected chi connectivity index (χ2v) is 17.3. The van der Waals surface area contributed by atoms with Gasteiger partial charge in [0, 0.05) is 29.9 Å². The molecule has 2 heterocycles. The van der Waals surface area contributed by atoms with E-state index in [1.165, 1.54) is 0 Å². The van der Waals surface area contributed by atoms with Gasteiger partial charge in [-0.3, -0.25) is 9.55 Å². The van der Waals surface area contributed by atoms with Crippen molar-refractivity contribution in [3.63, 3.8) is 0 Å². The van der Waals surface area contributed by atoms with Crippen LogP contribution in [-0.4, -0.2) is 19.6 Å². The number of pyridine rings is 1. The van der Waals surface area contributed by atoms with Crippen molar-refractivity contribution >= 4 is 11.0 Å². The maximum atomic E-state index is 11.7. The molecule has 4 nitrogen and oxygen atoms in total. The summed E-state index contributed by atoms with van der Waals surface area (Å²) < 4.78 is 43.6. The van der Waals surface area contributed by atoms with Crippen LogP contribution in [0.5, 0.6) is 5.75 Å². The van der Waals surface area contributed by atoms with Crippen molar-refractivity contribution in [2.75, 3.05) is 0 Å². The summed E-state index contributed by atoms with van der Waals surface area (Å²) in [6, 6.07) is 42.0. The van der Waals surface area contributed by atoms with E-state index in [-0.39, 0.29) is 11.2 Å². The van der Waals surface area contributed by atoms with Gasteiger partial charge in [-0.15, -0.1) is 0 Å². The third kappa shape index (κ3) is 7.60. The molecule has 0 aliphatic carbocycles. The van der Waals surface area contributed by atoms with Gasteiger partial charge in [0.15, 0.2) is 0 Å². The zero-order valence-corrected chi connectivity index (χ0v) is 35.5. The SMILES string of the molecule is [2H]C([2H])([2H])c1ccc(-c2ccnc(-c3cc(-c4cccc5c4nc(-c4cc(C)cc(C)c4O)n5-c4ccc(-c5c(C([2H])(C)C)cccc5C([2H])(C)C)cc4)cc(C(C)(C)C)c3)c2)cc1. The molecule has 0 atom stereocenters. The van der Waals surface area contributed by atoms with Crippen LogP contribution in [0.15, 0.2) is 134 Å². The van der Waals surface area contributed by atoms with Gasteiger partial charge in [-0.2, -0.15) is 0 Å². The fourth-order valence-electron chi connectivity index (χ4n) is 8.17. The predicted molar refractivity (Wildman–Crippen MR) is 249 cm³/mol. The first kappa shape index (κ1) is 33.7. The van der Waals surface area contributed by atoms with Crippen LogP contribution in [0, 0.1) is 20.7 Å². The topological polar surface area (TPSA) is 50.9 Å². The molecule has 2 aromatic heterocycles. The van der Waals surface area contributed by atoms with E-state index in [0.29, 0.717) is 17.0 Å². The van der Waals surface area contributed by atoms with Crippen molar-refractivity contribution in [2.45, 2.75) is 86.4 Å². The number of aromatic nitrogens is 3. The van der Waals surface area contributed by atoms with Gasteiger partial charge < -0.3 is 5.11 Å². The Morgan fingerprint density at radius 1 is 0.644 bits per heavy atom. The molecule has 0 radical (unpaired) electrons. The zero-order valence-electron chi connectivity index (χ0n) is 40.5. The smallest absolute Gasteiger partial charge is 0.149 e. The van der Waals surface area contributed by atoms with Crippen molar-refractivity contribution in [1.29, 1.82) is 0 Å². The number of hydrogen-bond acceptors (Lipinski definition) is 3. The molecule has 4 heteroatoms. The van der Waals surface area contributed by atoms with Crippen LogP contribution in [-0.2, 0) is 5.41 Å². The minimum atomic E-state index is -2.17. The Hall–Kier alpha value is -6.26. The molecule has 59 heavy (non-hydrogen) atoms. The van der Waals surface area contributed by atoms with Gasteiger partial charge >= 0.3 is 0 Å². The quantitative estimate of drug-likeness (QED) is 0.167. The summed E-state index contributed by atoms with van der Waals surface area (Å²) in [4.78, 5) is 10.3. The van der Waals surface area contributed by atoms with E-state index in [1.807, 2.05) is 96.1 Å². The van der Waals surface area contributed by atoms with Gasteiger partial charge in [0.2, 0.25) is 0 Å². The van der Waals surface area contributed by atoms with Gasteiger partial charge in [-0.25, -0.2) is 4.98 Å². The zero-order chi connectivity index (χ0) is 46.1. The Bertz CT molecular complexity index is 3020. The van der Waals surface area contributed by atoms with E-state index in [0.717, 1.165) is 89.2 Å². The van der Waals surface area contributed by atoms with E-state index in [4.69, 9.17) is 16.8 Å². The third-order valence-corrected chi connectivity index (χ3v) is 11.3. The Morgan fingerprint density at radius 2 is 1.31 bits per heavy atom. The van der Waals surface area contributed by atoms with Crippen LogP contribution in [0.4, 0.5) is 0 Å². The van der Waals surface area contributed by atoms with Gasteiger partial charge in [0.25, 0.3) is 0 Å². The lowest BCUT2D eigenvalue weighted by Crippen LogP contribution is -2.11. The van der Waals surface area contributed by atoms with Gasteiger partial charge in [0.05, 0.1) is 22.3 Å². The van der Waals surface area contributed by atoms with Crippen molar-refractivity contribution < 1.29 is 12.0 Å². The predicted octanol–water partition coefficient (Wildman–Crippen LogP) is 14.9. The van der Waals surface area contributed by atoms with Crippen LogP contribution in [0.25, 0.3) is 72.7 Å². The number of phenolic OH excluding ortho intramolecular Hbond substituents is 1. The summed E-state index contributed by atoms with van der Waals surface area (Å²) in [6.45, 7) is 15.9. The fourth-order valence-corrected chi connectivity index (χ4v) is 8.17. The lowest BCUT2D eigenvalue weighted by Gasteiger charge is -2.22. The fraction of sp³-hybridized carbons (Fsp3) is 0.236. The molecule has 296 valence electrons. The van der Waals surface area contributed by atoms with Crippen LogP contribution < -0.4 is 0 Å². The summed E-state index contributed by atoms with van der Waals surface area (Å²) in [5, 5.41) is 11.7.